The Kier molecular flexibility index (Phi) is 3.98. The van der Waals surface area contributed by atoms with Crippen molar-refractivity contribution in [1.29, 1.82) is 0 Å². The number of pyridine rings is 1. The van der Waals surface area contributed by atoms with Crippen LogP contribution in [0.3, 0.4) is 0 Å². The number of halogens is 3. The molecule has 0 aliphatic heterocycles. The third-order valence-corrected chi connectivity index (χ3v) is 1.86. The number of methoxy groups -OCH3 is 1. The number of alkyl halides is 3. The molecule has 0 aliphatic rings. The number of ether oxygens (including phenoxy) is 1. The minimum Gasteiger partial charge on any atom is -0.481 e. The van der Waals surface area contributed by atoms with Crippen LogP contribution >= 0.6 is 0 Å². The summed E-state index contributed by atoms with van der Waals surface area (Å²) >= 11 is 0. The van der Waals surface area contributed by atoms with Crippen molar-refractivity contribution in [3.8, 4) is 5.88 Å². The zero-order valence-corrected chi connectivity index (χ0v) is 9.01. The summed E-state index contributed by atoms with van der Waals surface area (Å²) in [6.07, 6.45) is -5.07. The average molecular weight is 234 g/mol. The van der Waals surface area contributed by atoms with E-state index >= 15 is 0 Å². The summed E-state index contributed by atoms with van der Waals surface area (Å²) in [5, 5.41) is 2.66. The zero-order chi connectivity index (χ0) is 12.2. The van der Waals surface area contributed by atoms with E-state index in [1.807, 2.05) is 0 Å². The van der Waals surface area contributed by atoms with Crippen LogP contribution in [0, 0.1) is 0 Å². The van der Waals surface area contributed by atoms with Crippen LogP contribution in [-0.2, 0) is 0 Å². The Labute approximate surface area is 91.6 Å². The highest BCUT2D eigenvalue weighted by atomic mass is 19.4. The van der Waals surface area contributed by atoms with Gasteiger partial charge in [-0.25, -0.2) is 0 Å². The van der Waals surface area contributed by atoms with E-state index < -0.39 is 18.6 Å². The Morgan fingerprint density at radius 2 is 2.12 bits per heavy atom. The number of hydrogen-bond donors (Lipinski definition) is 1. The molecule has 0 spiro atoms. The van der Waals surface area contributed by atoms with Gasteiger partial charge < -0.3 is 10.1 Å². The first-order valence-electron chi connectivity index (χ1n) is 4.75. The van der Waals surface area contributed by atoms with Gasteiger partial charge in [-0.1, -0.05) is 6.07 Å². The fraction of sp³-hybridized carbons (Fsp3) is 0.500. The van der Waals surface area contributed by atoms with Crippen LogP contribution in [0.15, 0.2) is 18.2 Å². The first-order chi connectivity index (χ1) is 7.40. The van der Waals surface area contributed by atoms with E-state index in [9.17, 15) is 13.2 Å². The second-order valence-electron chi connectivity index (χ2n) is 3.43. The minimum absolute atomic E-state index is 0.365. The first kappa shape index (κ1) is 12.6. The molecule has 1 aromatic rings. The van der Waals surface area contributed by atoms with E-state index in [1.54, 1.807) is 18.2 Å². The largest absolute Gasteiger partial charge is 0.481 e. The molecule has 1 N–H and O–H groups in total. The van der Waals surface area contributed by atoms with Crippen molar-refractivity contribution in [2.75, 3.05) is 12.4 Å². The number of hydrogen-bond acceptors (Lipinski definition) is 3. The monoisotopic (exact) mass is 234 g/mol. The third-order valence-electron chi connectivity index (χ3n) is 1.86. The van der Waals surface area contributed by atoms with Gasteiger partial charge in [0.1, 0.15) is 5.82 Å². The maximum Gasteiger partial charge on any atom is 0.391 e. The topological polar surface area (TPSA) is 34.1 Å². The van der Waals surface area contributed by atoms with E-state index in [1.165, 1.54) is 14.0 Å². The second kappa shape index (κ2) is 5.05. The Hall–Kier alpha value is -1.46. The van der Waals surface area contributed by atoms with Gasteiger partial charge in [0.05, 0.1) is 13.5 Å². The molecular formula is C10H13F3N2O. The van der Waals surface area contributed by atoms with Gasteiger partial charge in [-0.2, -0.15) is 18.2 Å². The van der Waals surface area contributed by atoms with Gasteiger partial charge in [-0.05, 0) is 13.0 Å². The van der Waals surface area contributed by atoms with Crippen molar-refractivity contribution in [2.45, 2.75) is 25.6 Å². The zero-order valence-electron chi connectivity index (χ0n) is 9.01. The summed E-state index contributed by atoms with van der Waals surface area (Å²) < 4.78 is 41.1. The van der Waals surface area contributed by atoms with Crippen molar-refractivity contribution in [2.24, 2.45) is 0 Å². The van der Waals surface area contributed by atoms with Gasteiger partial charge in [0.2, 0.25) is 5.88 Å². The number of nitrogens with one attached hydrogen (secondary N) is 1. The van der Waals surface area contributed by atoms with Gasteiger partial charge in [-0.15, -0.1) is 0 Å². The van der Waals surface area contributed by atoms with Crippen LogP contribution in [0.5, 0.6) is 5.88 Å². The van der Waals surface area contributed by atoms with Crippen LogP contribution in [0.2, 0.25) is 0 Å². The Bertz CT molecular complexity index is 341. The number of rotatable bonds is 4. The lowest BCUT2D eigenvalue weighted by molar-refractivity contribution is -0.136. The number of anilines is 1. The summed E-state index contributed by atoms with van der Waals surface area (Å²) in [5.74, 6) is 0.736. The SMILES string of the molecule is COc1cccc(NC(C)CC(F)(F)F)n1. The summed E-state index contributed by atoms with van der Waals surface area (Å²) in [5.41, 5.74) is 0. The Morgan fingerprint density at radius 1 is 1.44 bits per heavy atom. The second-order valence-corrected chi connectivity index (χ2v) is 3.43. The van der Waals surface area contributed by atoms with E-state index in [4.69, 9.17) is 4.74 Å². The smallest absolute Gasteiger partial charge is 0.391 e. The minimum atomic E-state index is -4.18. The molecule has 1 rings (SSSR count). The molecule has 1 aromatic heterocycles. The molecule has 1 atom stereocenters. The molecule has 0 radical (unpaired) electrons. The van der Waals surface area contributed by atoms with Crippen molar-refractivity contribution in [1.82, 2.24) is 4.98 Å². The highest BCUT2D eigenvalue weighted by molar-refractivity contribution is 5.37. The van der Waals surface area contributed by atoms with Gasteiger partial charge in [0.25, 0.3) is 0 Å². The van der Waals surface area contributed by atoms with E-state index in [-0.39, 0.29) is 0 Å². The lowest BCUT2D eigenvalue weighted by Gasteiger charge is -2.16. The molecule has 0 aromatic carbocycles. The van der Waals surface area contributed by atoms with E-state index in [2.05, 4.69) is 10.3 Å². The van der Waals surface area contributed by atoms with Crippen molar-refractivity contribution < 1.29 is 17.9 Å². The molecule has 6 heteroatoms. The standard InChI is InChI=1S/C10H13F3N2O/c1-7(6-10(11,12)13)14-8-4-3-5-9(15-8)16-2/h3-5,7H,6H2,1-2H3,(H,14,15). The molecule has 90 valence electrons. The number of nitrogens with zero attached hydrogens (tertiary/aromatic N) is 1. The maximum atomic E-state index is 12.1. The predicted molar refractivity (Wildman–Crippen MR) is 54.5 cm³/mol. The Balaban J connectivity index is 2.59. The fourth-order valence-corrected chi connectivity index (χ4v) is 1.26. The van der Waals surface area contributed by atoms with Crippen LogP contribution in [0.25, 0.3) is 0 Å². The first-order valence-corrected chi connectivity index (χ1v) is 4.75. The van der Waals surface area contributed by atoms with Gasteiger partial charge in [0, 0.05) is 12.1 Å². The molecule has 1 heterocycles. The van der Waals surface area contributed by atoms with Crippen LogP contribution in [0.1, 0.15) is 13.3 Å². The molecule has 0 fully saturated rings. The summed E-state index contributed by atoms with van der Waals surface area (Å²) in [6.45, 7) is 1.45. The molecule has 16 heavy (non-hydrogen) atoms. The fourth-order valence-electron chi connectivity index (χ4n) is 1.26. The summed E-state index contributed by atoms with van der Waals surface area (Å²) in [6, 6.07) is 4.16. The lowest BCUT2D eigenvalue weighted by atomic mass is 10.2. The van der Waals surface area contributed by atoms with Crippen molar-refractivity contribution >= 4 is 5.82 Å². The predicted octanol–water partition coefficient (Wildman–Crippen LogP) is 2.84. The highest BCUT2D eigenvalue weighted by Gasteiger charge is 2.29. The van der Waals surface area contributed by atoms with Gasteiger partial charge in [-0.3, -0.25) is 0 Å². The molecule has 0 bridgehead atoms. The van der Waals surface area contributed by atoms with Crippen molar-refractivity contribution in [3.05, 3.63) is 18.2 Å². The van der Waals surface area contributed by atoms with Gasteiger partial charge >= 0.3 is 6.18 Å². The summed E-state index contributed by atoms with van der Waals surface area (Å²) in [7, 11) is 1.45. The van der Waals surface area contributed by atoms with Crippen molar-refractivity contribution in [3.63, 3.8) is 0 Å². The highest BCUT2D eigenvalue weighted by Crippen LogP contribution is 2.23. The average Bonchev–Trinajstić information content (AvgIpc) is 2.15. The molecule has 0 saturated heterocycles. The van der Waals surface area contributed by atoms with Crippen LogP contribution in [0.4, 0.5) is 19.0 Å². The normalized spacial score (nSPS) is 13.3. The molecule has 0 saturated carbocycles. The quantitative estimate of drug-likeness (QED) is 0.869. The van der Waals surface area contributed by atoms with E-state index in [0.717, 1.165) is 0 Å². The maximum absolute atomic E-state index is 12.1. The molecular weight excluding hydrogens is 221 g/mol. The molecule has 0 aliphatic carbocycles. The van der Waals surface area contributed by atoms with Crippen LogP contribution in [-0.4, -0.2) is 24.3 Å². The number of aromatic nitrogens is 1. The molecule has 0 amide bonds. The Morgan fingerprint density at radius 3 is 2.69 bits per heavy atom. The molecule has 1 unspecified atom stereocenters. The van der Waals surface area contributed by atoms with Gasteiger partial charge in [0.15, 0.2) is 0 Å². The summed E-state index contributed by atoms with van der Waals surface area (Å²) in [4.78, 5) is 3.96. The molecule has 3 nitrogen and oxygen atoms in total. The lowest BCUT2D eigenvalue weighted by Crippen LogP contribution is -2.24. The van der Waals surface area contributed by atoms with Crippen LogP contribution < -0.4 is 10.1 Å². The third kappa shape index (κ3) is 4.37. The van der Waals surface area contributed by atoms with E-state index in [0.29, 0.717) is 11.7 Å².